The van der Waals surface area contributed by atoms with E-state index in [1.54, 1.807) is 5.32 Å². The van der Waals surface area contributed by atoms with E-state index >= 15 is 0 Å². The first kappa shape index (κ1) is 14.8. The van der Waals surface area contributed by atoms with Gasteiger partial charge < -0.3 is 10.1 Å². The van der Waals surface area contributed by atoms with Crippen LogP contribution in [0.25, 0.3) is 0 Å². The molecule has 1 amide bonds. The van der Waals surface area contributed by atoms with Gasteiger partial charge in [0, 0.05) is 12.1 Å². The van der Waals surface area contributed by atoms with E-state index in [9.17, 15) is 28.1 Å². The lowest BCUT2D eigenvalue weighted by atomic mass is 10.1. The van der Waals surface area contributed by atoms with Crippen molar-refractivity contribution in [1.82, 2.24) is 0 Å². The highest BCUT2D eigenvalue weighted by Gasteiger charge is 2.39. The van der Waals surface area contributed by atoms with Crippen molar-refractivity contribution in [3.05, 3.63) is 33.9 Å². The van der Waals surface area contributed by atoms with Crippen LogP contribution in [0.1, 0.15) is 5.56 Å². The summed E-state index contributed by atoms with van der Waals surface area (Å²) >= 11 is 0. The van der Waals surface area contributed by atoms with E-state index in [1.165, 1.54) is 6.07 Å². The van der Waals surface area contributed by atoms with Crippen LogP contribution < -0.4 is 5.32 Å². The monoisotopic (exact) mass is 303 g/mol. The number of amides is 1. The Morgan fingerprint density at radius 1 is 1.43 bits per heavy atom. The molecule has 21 heavy (non-hydrogen) atoms. The van der Waals surface area contributed by atoms with Gasteiger partial charge in [-0.3, -0.25) is 14.9 Å². The number of non-ortho nitro benzene ring substituents is 1. The Bertz CT molecular complexity index is 628. The highest BCUT2D eigenvalue weighted by Crippen LogP contribution is 2.27. The zero-order valence-electron chi connectivity index (χ0n) is 10.3. The van der Waals surface area contributed by atoms with Crippen LogP contribution in [-0.2, 0) is 9.53 Å². The Kier molecular flexibility index (Phi) is 3.78. The van der Waals surface area contributed by atoms with E-state index in [-0.39, 0.29) is 23.8 Å². The van der Waals surface area contributed by atoms with Crippen LogP contribution in [0.4, 0.5) is 24.5 Å². The second kappa shape index (κ2) is 5.38. The lowest BCUT2D eigenvalue weighted by molar-refractivity contribution is -0.384. The van der Waals surface area contributed by atoms with Crippen LogP contribution in [0.2, 0.25) is 0 Å². The number of aliphatic imine (C=N–C) groups is 1. The molecule has 1 aromatic rings. The third-order valence-corrected chi connectivity index (χ3v) is 2.54. The van der Waals surface area contributed by atoms with Crippen LogP contribution in [0.3, 0.4) is 0 Å². The molecule has 1 aromatic carbocycles. The van der Waals surface area contributed by atoms with Gasteiger partial charge in [0.2, 0.25) is 5.90 Å². The van der Waals surface area contributed by atoms with Crippen molar-refractivity contribution < 1.29 is 27.6 Å². The second-order valence-corrected chi connectivity index (χ2v) is 3.97. The SMILES string of the molecule is O=C(Nc1cc([N+](=O)[O-])ccc1C1=NCCO1)C(F)(F)F. The smallest absolute Gasteiger partial charge is 0.471 e. The van der Waals surface area contributed by atoms with Crippen LogP contribution in [0.15, 0.2) is 23.2 Å². The Morgan fingerprint density at radius 3 is 2.67 bits per heavy atom. The molecule has 0 atom stereocenters. The summed E-state index contributed by atoms with van der Waals surface area (Å²) in [6.07, 6.45) is -5.11. The molecule has 1 heterocycles. The van der Waals surface area contributed by atoms with E-state index < -0.39 is 22.7 Å². The molecule has 0 bridgehead atoms. The number of carbonyl (C=O) groups is 1. The zero-order valence-corrected chi connectivity index (χ0v) is 10.3. The fourth-order valence-corrected chi connectivity index (χ4v) is 1.63. The summed E-state index contributed by atoms with van der Waals surface area (Å²) in [5.41, 5.74) is -0.794. The van der Waals surface area contributed by atoms with Gasteiger partial charge in [-0.1, -0.05) is 0 Å². The van der Waals surface area contributed by atoms with Crippen LogP contribution in [-0.4, -0.2) is 36.1 Å². The predicted molar refractivity (Wildman–Crippen MR) is 65.1 cm³/mol. The lowest BCUT2D eigenvalue weighted by Crippen LogP contribution is -2.30. The molecule has 1 aliphatic rings. The van der Waals surface area contributed by atoms with Gasteiger partial charge in [-0.25, -0.2) is 4.99 Å². The van der Waals surface area contributed by atoms with Crippen molar-refractivity contribution >= 4 is 23.2 Å². The molecule has 0 saturated heterocycles. The van der Waals surface area contributed by atoms with E-state index in [2.05, 4.69) is 4.99 Å². The van der Waals surface area contributed by atoms with Crippen molar-refractivity contribution in [2.24, 2.45) is 4.99 Å². The summed E-state index contributed by atoms with van der Waals surface area (Å²) in [5, 5.41) is 12.3. The van der Waals surface area contributed by atoms with Gasteiger partial charge in [0.15, 0.2) is 0 Å². The zero-order chi connectivity index (χ0) is 15.6. The van der Waals surface area contributed by atoms with Gasteiger partial charge in [0.25, 0.3) is 5.69 Å². The first-order valence-electron chi connectivity index (χ1n) is 5.63. The summed E-state index contributed by atoms with van der Waals surface area (Å²) < 4.78 is 42.0. The Morgan fingerprint density at radius 2 is 2.14 bits per heavy atom. The molecule has 0 radical (unpaired) electrons. The lowest BCUT2D eigenvalue weighted by Gasteiger charge is -2.12. The largest absolute Gasteiger partial charge is 0.475 e. The highest BCUT2D eigenvalue weighted by atomic mass is 19.4. The third kappa shape index (κ3) is 3.27. The van der Waals surface area contributed by atoms with Crippen molar-refractivity contribution in [2.75, 3.05) is 18.5 Å². The van der Waals surface area contributed by atoms with E-state index in [1.807, 2.05) is 0 Å². The number of benzene rings is 1. The molecule has 0 fully saturated rings. The van der Waals surface area contributed by atoms with E-state index in [4.69, 9.17) is 4.74 Å². The van der Waals surface area contributed by atoms with Crippen molar-refractivity contribution in [1.29, 1.82) is 0 Å². The van der Waals surface area contributed by atoms with Crippen LogP contribution in [0, 0.1) is 10.1 Å². The average Bonchev–Trinajstić information content (AvgIpc) is 2.91. The molecule has 0 unspecified atom stereocenters. The third-order valence-electron chi connectivity index (χ3n) is 2.54. The molecular formula is C11H8F3N3O4. The van der Waals surface area contributed by atoms with Crippen molar-refractivity contribution in [2.45, 2.75) is 6.18 Å². The van der Waals surface area contributed by atoms with Crippen molar-refractivity contribution in [3.63, 3.8) is 0 Å². The topological polar surface area (TPSA) is 93.8 Å². The molecule has 7 nitrogen and oxygen atoms in total. The first-order valence-corrected chi connectivity index (χ1v) is 5.63. The average molecular weight is 303 g/mol. The number of ether oxygens (including phenoxy) is 1. The maximum absolute atomic E-state index is 12.3. The number of nitrogens with one attached hydrogen (secondary N) is 1. The number of hydrogen-bond acceptors (Lipinski definition) is 5. The minimum Gasteiger partial charge on any atom is -0.475 e. The van der Waals surface area contributed by atoms with Gasteiger partial charge in [-0.05, 0) is 6.07 Å². The normalized spacial score (nSPS) is 14.3. The summed E-state index contributed by atoms with van der Waals surface area (Å²) in [4.78, 5) is 24.8. The predicted octanol–water partition coefficient (Wildman–Crippen LogP) is 1.87. The molecule has 2 rings (SSSR count). The summed E-state index contributed by atoms with van der Waals surface area (Å²) in [6, 6.07) is 3.08. The molecule has 112 valence electrons. The number of halogens is 3. The summed E-state index contributed by atoms with van der Waals surface area (Å²) in [7, 11) is 0. The molecular weight excluding hydrogens is 295 g/mol. The van der Waals surface area contributed by atoms with E-state index in [0.717, 1.165) is 12.1 Å². The highest BCUT2D eigenvalue weighted by molar-refractivity contribution is 6.05. The van der Waals surface area contributed by atoms with Crippen molar-refractivity contribution in [3.8, 4) is 0 Å². The number of alkyl halides is 3. The quantitative estimate of drug-likeness (QED) is 0.681. The van der Waals surface area contributed by atoms with Gasteiger partial charge in [0.05, 0.1) is 22.7 Å². The van der Waals surface area contributed by atoms with Gasteiger partial charge in [0.1, 0.15) is 6.61 Å². The number of nitro groups is 1. The molecule has 0 saturated carbocycles. The molecule has 1 aliphatic heterocycles. The minimum atomic E-state index is -5.11. The van der Waals surface area contributed by atoms with Crippen LogP contribution in [0.5, 0.6) is 0 Å². The number of hydrogen-bond donors (Lipinski definition) is 1. The molecule has 10 heteroatoms. The van der Waals surface area contributed by atoms with Gasteiger partial charge >= 0.3 is 12.1 Å². The minimum absolute atomic E-state index is 0.0300. The number of rotatable bonds is 3. The van der Waals surface area contributed by atoms with Crippen LogP contribution >= 0.6 is 0 Å². The summed E-state index contributed by atoms with van der Waals surface area (Å²) in [6.45, 7) is 0.567. The maximum atomic E-state index is 12.3. The molecule has 1 N–H and O–H groups in total. The molecule has 0 spiro atoms. The van der Waals surface area contributed by atoms with E-state index in [0.29, 0.717) is 6.54 Å². The second-order valence-electron chi connectivity index (χ2n) is 3.97. The Balaban J connectivity index is 2.41. The molecule has 0 aromatic heterocycles. The fourth-order valence-electron chi connectivity index (χ4n) is 1.63. The number of nitrogens with zero attached hydrogens (tertiary/aromatic N) is 2. The standard InChI is InChI=1S/C11H8F3N3O4/c12-11(13,14)10(18)16-8-5-6(17(19)20)1-2-7(8)9-15-3-4-21-9/h1-2,5H,3-4H2,(H,16,18). The Labute approximate surface area is 115 Å². The summed E-state index contributed by atoms with van der Waals surface area (Å²) in [5.74, 6) is -2.20. The number of carbonyl (C=O) groups excluding carboxylic acids is 1. The first-order chi connectivity index (χ1) is 9.79. The number of anilines is 1. The van der Waals surface area contributed by atoms with Gasteiger partial charge in [-0.15, -0.1) is 0 Å². The van der Waals surface area contributed by atoms with Gasteiger partial charge in [-0.2, -0.15) is 13.2 Å². The number of nitro benzene ring substituents is 1. The Hall–Kier alpha value is -2.65. The molecule has 0 aliphatic carbocycles. The fraction of sp³-hybridized carbons (Fsp3) is 0.273. The maximum Gasteiger partial charge on any atom is 0.471 e.